The van der Waals surface area contributed by atoms with E-state index in [9.17, 15) is 9.90 Å². The Hall–Kier alpha value is -2.23. The smallest absolute Gasteiger partial charge is 0.328 e. The lowest BCUT2D eigenvalue weighted by atomic mass is 10.1. The molecule has 0 amide bonds. The fraction of sp³-hybridized carbons (Fsp3) is 0.0833. The predicted molar refractivity (Wildman–Crippen MR) is 58.4 cm³/mol. The molecule has 2 rings (SSSR count). The number of fused-ring (bicyclic) bond motifs is 1. The number of benzene rings is 1. The molecule has 0 spiro atoms. The normalized spacial score (nSPS) is 14.1. The first kappa shape index (κ1) is 10.3. The summed E-state index contributed by atoms with van der Waals surface area (Å²) in [5.74, 6) is -0.235. The largest absolute Gasteiger partial charge is 0.508 e. The Morgan fingerprint density at radius 1 is 1.44 bits per heavy atom. The molecule has 82 valence electrons. The Morgan fingerprint density at radius 2 is 2.25 bits per heavy atom. The van der Waals surface area contributed by atoms with E-state index < -0.39 is 5.97 Å². The second kappa shape index (κ2) is 4.10. The zero-order chi connectivity index (χ0) is 11.5. The molecule has 0 aliphatic carbocycles. The maximum Gasteiger partial charge on any atom is 0.328 e. The van der Waals surface area contributed by atoms with Crippen LogP contribution < -0.4 is 4.74 Å². The Morgan fingerprint density at radius 3 is 3.00 bits per heavy atom. The van der Waals surface area contributed by atoms with Gasteiger partial charge in [0.1, 0.15) is 18.1 Å². The second-order valence-electron chi connectivity index (χ2n) is 3.40. The number of aliphatic carboxylic acids is 1. The van der Waals surface area contributed by atoms with Crippen molar-refractivity contribution in [3.05, 3.63) is 41.5 Å². The zero-order valence-electron chi connectivity index (χ0n) is 8.38. The van der Waals surface area contributed by atoms with Crippen LogP contribution in [-0.4, -0.2) is 22.8 Å². The van der Waals surface area contributed by atoms with Crippen LogP contribution in [-0.2, 0) is 4.79 Å². The van der Waals surface area contributed by atoms with E-state index in [4.69, 9.17) is 9.84 Å². The number of aromatic hydroxyl groups is 1. The number of rotatable bonds is 2. The molecule has 0 atom stereocenters. The maximum absolute atomic E-state index is 10.3. The third kappa shape index (κ3) is 2.23. The van der Waals surface area contributed by atoms with Gasteiger partial charge in [0.25, 0.3) is 0 Å². The standard InChI is InChI=1S/C12H10O4/c13-10-3-2-9-5-8(1-4-12(14)15)7-16-11(9)6-10/h1-6,13H,7H2,(H,14,15)/b4-1+. The first-order valence-corrected chi connectivity index (χ1v) is 4.72. The molecular weight excluding hydrogens is 208 g/mol. The van der Waals surface area contributed by atoms with Crippen LogP contribution in [0.2, 0.25) is 0 Å². The number of carboxylic acids is 1. The minimum absolute atomic E-state index is 0.150. The van der Waals surface area contributed by atoms with Crippen molar-refractivity contribution in [1.82, 2.24) is 0 Å². The van der Waals surface area contributed by atoms with Gasteiger partial charge in [0, 0.05) is 17.7 Å². The van der Waals surface area contributed by atoms with Crippen LogP contribution in [0, 0.1) is 0 Å². The lowest BCUT2D eigenvalue weighted by molar-refractivity contribution is -0.131. The van der Waals surface area contributed by atoms with E-state index in [0.717, 1.165) is 17.2 Å². The number of carbonyl (C=O) groups is 1. The van der Waals surface area contributed by atoms with Gasteiger partial charge in [-0.3, -0.25) is 0 Å². The predicted octanol–water partition coefficient (Wildman–Crippen LogP) is 1.81. The summed E-state index contributed by atoms with van der Waals surface area (Å²) in [6.45, 7) is 0.306. The zero-order valence-corrected chi connectivity index (χ0v) is 8.38. The molecule has 1 aliphatic heterocycles. The lowest BCUT2D eigenvalue weighted by Gasteiger charge is -2.15. The number of ether oxygens (including phenoxy) is 1. The van der Waals surface area contributed by atoms with Gasteiger partial charge in [-0.1, -0.05) is 0 Å². The third-order valence-electron chi connectivity index (χ3n) is 2.17. The molecule has 1 heterocycles. The molecule has 4 heteroatoms. The van der Waals surface area contributed by atoms with Crippen molar-refractivity contribution in [1.29, 1.82) is 0 Å². The first-order chi connectivity index (χ1) is 7.65. The monoisotopic (exact) mass is 218 g/mol. The first-order valence-electron chi connectivity index (χ1n) is 4.72. The molecule has 1 aromatic rings. The third-order valence-corrected chi connectivity index (χ3v) is 2.17. The molecule has 16 heavy (non-hydrogen) atoms. The van der Waals surface area contributed by atoms with Crippen LogP contribution in [0.5, 0.6) is 11.5 Å². The van der Waals surface area contributed by atoms with Crippen molar-refractivity contribution in [3.8, 4) is 11.5 Å². The van der Waals surface area contributed by atoms with Crippen LogP contribution in [0.25, 0.3) is 6.08 Å². The fourth-order valence-electron chi connectivity index (χ4n) is 1.44. The highest BCUT2D eigenvalue weighted by molar-refractivity contribution is 5.81. The maximum atomic E-state index is 10.3. The van der Waals surface area contributed by atoms with E-state index in [1.54, 1.807) is 12.1 Å². The Kier molecular flexibility index (Phi) is 2.64. The molecule has 1 aliphatic rings. The van der Waals surface area contributed by atoms with Crippen molar-refractivity contribution in [2.75, 3.05) is 6.61 Å². The minimum Gasteiger partial charge on any atom is -0.508 e. The van der Waals surface area contributed by atoms with Gasteiger partial charge in [-0.15, -0.1) is 0 Å². The second-order valence-corrected chi connectivity index (χ2v) is 3.40. The van der Waals surface area contributed by atoms with Crippen LogP contribution in [0.3, 0.4) is 0 Å². The topological polar surface area (TPSA) is 66.8 Å². The number of hydrogen-bond acceptors (Lipinski definition) is 3. The summed E-state index contributed by atoms with van der Waals surface area (Å²) < 4.78 is 5.38. The van der Waals surface area contributed by atoms with Crippen molar-refractivity contribution in [2.24, 2.45) is 0 Å². The summed E-state index contributed by atoms with van der Waals surface area (Å²) in [6.07, 6.45) is 4.40. The number of phenolic OH excluding ortho intramolecular Hbond substituents is 1. The molecule has 0 saturated carbocycles. The molecule has 0 saturated heterocycles. The molecule has 0 unspecified atom stereocenters. The molecule has 2 N–H and O–H groups in total. The molecule has 0 fully saturated rings. The molecule has 0 bridgehead atoms. The number of carboxylic acid groups (broad SMARTS) is 1. The fourth-order valence-corrected chi connectivity index (χ4v) is 1.44. The quantitative estimate of drug-likeness (QED) is 0.743. The van der Waals surface area contributed by atoms with Crippen LogP contribution in [0.4, 0.5) is 0 Å². The summed E-state index contributed by atoms with van der Waals surface area (Å²) in [6, 6.07) is 4.81. The highest BCUT2D eigenvalue weighted by Gasteiger charge is 2.10. The Balaban J connectivity index is 2.28. The van der Waals surface area contributed by atoms with E-state index in [1.165, 1.54) is 12.1 Å². The van der Waals surface area contributed by atoms with Gasteiger partial charge in [-0.05, 0) is 29.9 Å². The summed E-state index contributed by atoms with van der Waals surface area (Å²) >= 11 is 0. The average Bonchev–Trinajstić information content (AvgIpc) is 2.26. The molecule has 0 radical (unpaired) electrons. The van der Waals surface area contributed by atoms with Gasteiger partial charge < -0.3 is 14.9 Å². The van der Waals surface area contributed by atoms with Gasteiger partial charge in [-0.25, -0.2) is 4.79 Å². The SMILES string of the molecule is O=C(O)/C=C/C1=Cc2ccc(O)cc2OC1. The molecular formula is C12H10O4. The Labute approximate surface area is 92.1 Å². The lowest BCUT2D eigenvalue weighted by Crippen LogP contribution is -2.05. The van der Waals surface area contributed by atoms with Crippen molar-refractivity contribution >= 4 is 12.0 Å². The van der Waals surface area contributed by atoms with Crippen LogP contribution in [0.15, 0.2) is 35.9 Å². The summed E-state index contributed by atoms with van der Waals surface area (Å²) in [7, 11) is 0. The van der Waals surface area contributed by atoms with Gasteiger partial charge >= 0.3 is 5.97 Å². The molecule has 4 nitrogen and oxygen atoms in total. The van der Waals surface area contributed by atoms with E-state index in [0.29, 0.717) is 12.4 Å². The molecule has 1 aromatic carbocycles. The van der Waals surface area contributed by atoms with Gasteiger partial charge in [0.15, 0.2) is 0 Å². The number of hydrogen-bond donors (Lipinski definition) is 2. The van der Waals surface area contributed by atoms with E-state index >= 15 is 0 Å². The van der Waals surface area contributed by atoms with Crippen molar-refractivity contribution in [3.63, 3.8) is 0 Å². The van der Waals surface area contributed by atoms with Crippen LogP contribution >= 0.6 is 0 Å². The average molecular weight is 218 g/mol. The highest BCUT2D eigenvalue weighted by atomic mass is 16.5. The minimum atomic E-state index is -0.989. The van der Waals surface area contributed by atoms with Gasteiger partial charge in [0.2, 0.25) is 0 Å². The summed E-state index contributed by atoms with van der Waals surface area (Å²) in [4.78, 5) is 10.3. The van der Waals surface area contributed by atoms with E-state index in [-0.39, 0.29) is 5.75 Å². The Bertz CT molecular complexity index is 486. The summed E-state index contributed by atoms with van der Waals surface area (Å²) in [5, 5.41) is 17.7. The van der Waals surface area contributed by atoms with Gasteiger partial charge in [-0.2, -0.15) is 0 Å². The van der Waals surface area contributed by atoms with Crippen molar-refractivity contribution < 1.29 is 19.7 Å². The summed E-state index contributed by atoms with van der Waals surface area (Å²) in [5.41, 5.74) is 1.61. The van der Waals surface area contributed by atoms with Crippen LogP contribution in [0.1, 0.15) is 5.56 Å². The molecule has 0 aromatic heterocycles. The van der Waals surface area contributed by atoms with Crippen molar-refractivity contribution in [2.45, 2.75) is 0 Å². The number of phenols is 1. The van der Waals surface area contributed by atoms with Gasteiger partial charge in [0.05, 0.1) is 0 Å². The highest BCUT2D eigenvalue weighted by Crippen LogP contribution is 2.29. The van der Waals surface area contributed by atoms with E-state index in [2.05, 4.69) is 0 Å². The van der Waals surface area contributed by atoms with E-state index in [1.807, 2.05) is 6.08 Å².